The average Bonchev–Trinajstić information content (AvgIpc) is 3.06. The maximum atomic E-state index is 13.0. The van der Waals surface area contributed by atoms with Gasteiger partial charge in [-0.1, -0.05) is 46.6 Å². The molecule has 0 aliphatic carbocycles. The fourth-order valence-electron chi connectivity index (χ4n) is 2.77. The van der Waals surface area contributed by atoms with E-state index in [1.54, 1.807) is 49.4 Å². The van der Waals surface area contributed by atoms with Crippen molar-refractivity contribution in [2.75, 3.05) is 10.7 Å². The molecule has 0 radical (unpaired) electrons. The van der Waals surface area contributed by atoms with Crippen LogP contribution in [0.2, 0.25) is 5.02 Å². The Balaban J connectivity index is 1.95. The summed E-state index contributed by atoms with van der Waals surface area (Å²) < 4.78 is 2.11. The maximum absolute atomic E-state index is 13.0. The Morgan fingerprint density at radius 3 is 2.53 bits per heavy atom. The third kappa shape index (κ3) is 4.83. The molecular weight excluding hydrogens is 472 g/mol. The highest BCUT2D eigenvalue weighted by Gasteiger charge is 2.22. The van der Waals surface area contributed by atoms with Crippen molar-refractivity contribution >= 4 is 61.8 Å². The van der Waals surface area contributed by atoms with E-state index in [1.807, 2.05) is 13.0 Å². The van der Waals surface area contributed by atoms with Crippen LogP contribution in [0.25, 0.3) is 10.9 Å². The summed E-state index contributed by atoms with van der Waals surface area (Å²) in [6.07, 6.45) is 0.686. The average molecular weight is 492 g/mol. The second-order valence-corrected chi connectivity index (χ2v) is 8.05. The Labute approximate surface area is 186 Å². The first kappa shape index (κ1) is 21.9. The largest absolute Gasteiger partial charge is 0.345 e. The monoisotopic (exact) mass is 490 g/mol. The molecule has 3 aromatic rings. The molecule has 156 valence electrons. The number of hydrogen-bond donors (Lipinski definition) is 3. The van der Waals surface area contributed by atoms with Crippen LogP contribution in [0.5, 0.6) is 0 Å². The second kappa shape index (κ2) is 9.32. The summed E-state index contributed by atoms with van der Waals surface area (Å²) in [5, 5.41) is 6.42. The maximum Gasteiger partial charge on any atom is 0.328 e. The molecular formula is C21H20BrClN4O3. The molecule has 7 nitrogen and oxygen atoms in total. The normalized spacial score (nSPS) is 11.7. The molecule has 0 aliphatic rings. The SMILES string of the molecule is CC[C@@H](C)NC(=O)C(=O)Nn1c(C(=O)Nc2ccccc2Cl)cc2cc(Br)ccc21. The predicted octanol–water partition coefficient (Wildman–Crippen LogP) is 4.29. The lowest BCUT2D eigenvalue weighted by Gasteiger charge is -2.14. The molecule has 1 aromatic heterocycles. The first-order chi connectivity index (χ1) is 14.3. The number of carbonyl (C=O) groups excluding carboxylic acids is 3. The Morgan fingerprint density at radius 1 is 1.10 bits per heavy atom. The zero-order valence-electron chi connectivity index (χ0n) is 16.3. The summed E-state index contributed by atoms with van der Waals surface area (Å²) in [7, 11) is 0. The van der Waals surface area contributed by atoms with Crippen molar-refractivity contribution in [3.8, 4) is 0 Å². The fourth-order valence-corrected chi connectivity index (χ4v) is 3.33. The van der Waals surface area contributed by atoms with E-state index >= 15 is 0 Å². The highest BCUT2D eigenvalue weighted by Crippen LogP contribution is 2.25. The minimum atomic E-state index is -0.873. The molecule has 0 unspecified atom stereocenters. The van der Waals surface area contributed by atoms with Crippen molar-refractivity contribution in [3.05, 3.63) is 63.7 Å². The summed E-state index contributed by atoms with van der Waals surface area (Å²) in [4.78, 5) is 37.6. The van der Waals surface area contributed by atoms with Crippen LogP contribution < -0.4 is 16.1 Å². The molecule has 3 amide bonds. The number of nitrogens with one attached hydrogen (secondary N) is 3. The smallest absolute Gasteiger partial charge is 0.328 e. The van der Waals surface area contributed by atoms with E-state index in [9.17, 15) is 14.4 Å². The van der Waals surface area contributed by atoms with Crippen molar-refractivity contribution in [3.63, 3.8) is 0 Å². The molecule has 1 heterocycles. The van der Waals surface area contributed by atoms with Gasteiger partial charge >= 0.3 is 11.8 Å². The summed E-state index contributed by atoms with van der Waals surface area (Å²) >= 11 is 9.53. The Morgan fingerprint density at radius 2 is 1.83 bits per heavy atom. The van der Waals surface area contributed by atoms with Gasteiger partial charge in [-0.05, 0) is 49.7 Å². The van der Waals surface area contributed by atoms with Gasteiger partial charge in [0.05, 0.1) is 16.2 Å². The van der Waals surface area contributed by atoms with E-state index in [0.717, 1.165) is 4.47 Å². The van der Waals surface area contributed by atoms with Crippen LogP contribution in [-0.4, -0.2) is 28.4 Å². The minimum absolute atomic E-state index is 0.146. The molecule has 0 saturated heterocycles. The number of carbonyl (C=O) groups is 3. The topological polar surface area (TPSA) is 92.2 Å². The summed E-state index contributed by atoms with van der Waals surface area (Å²) in [6.45, 7) is 3.70. The zero-order chi connectivity index (χ0) is 21.8. The van der Waals surface area contributed by atoms with Gasteiger partial charge in [-0.15, -0.1) is 0 Å². The van der Waals surface area contributed by atoms with Crippen molar-refractivity contribution < 1.29 is 14.4 Å². The van der Waals surface area contributed by atoms with E-state index in [1.165, 1.54) is 4.68 Å². The highest BCUT2D eigenvalue weighted by atomic mass is 79.9. The second-order valence-electron chi connectivity index (χ2n) is 6.73. The zero-order valence-corrected chi connectivity index (χ0v) is 18.7. The quantitative estimate of drug-likeness (QED) is 0.465. The van der Waals surface area contributed by atoms with Crippen LogP contribution in [0.3, 0.4) is 0 Å². The van der Waals surface area contributed by atoms with Crippen LogP contribution in [0.4, 0.5) is 5.69 Å². The van der Waals surface area contributed by atoms with E-state index in [-0.39, 0.29) is 11.7 Å². The number of anilines is 1. The van der Waals surface area contributed by atoms with Crippen molar-refractivity contribution in [1.82, 2.24) is 9.99 Å². The van der Waals surface area contributed by atoms with Crippen molar-refractivity contribution in [2.24, 2.45) is 0 Å². The fraction of sp³-hybridized carbons (Fsp3) is 0.190. The lowest BCUT2D eigenvalue weighted by molar-refractivity contribution is -0.137. The van der Waals surface area contributed by atoms with Crippen LogP contribution in [0.15, 0.2) is 53.0 Å². The Bertz CT molecular complexity index is 1130. The molecule has 2 aromatic carbocycles. The summed E-state index contributed by atoms with van der Waals surface area (Å²) in [6, 6.07) is 13.6. The van der Waals surface area contributed by atoms with Gasteiger partial charge in [0, 0.05) is 15.9 Å². The van der Waals surface area contributed by atoms with Crippen LogP contribution >= 0.6 is 27.5 Å². The Kier molecular flexibility index (Phi) is 6.79. The molecule has 0 spiro atoms. The van der Waals surface area contributed by atoms with Crippen molar-refractivity contribution in [2.45, 2.75) is 26.3 Å². The number of benzene rings is 2. The van der Waals surface area contributed by atoms with Crippen molar-refractivity contribution in [1.29, 1.82) is 0 Å². The van der Waals surface area contributed by atoms with Gasteiger partial charge in [0.2, 0.25) is 0 Å². The van der Waals surface area contributed by atoms with Gasteiger partial charge in [0.1, 0.15) is 5.69 Å². The van der Waals surface area contributed by atoms with Crippen LogP contribution in [0.1, 0.15) is 30.8 Å². The summed E-state index contributed by atoms with van der Waals surface area (Å²) in [5.41, 5.74) is 3.66. The van der Waals surface area contributed by atoms with E-state index in [0.29, 0.717) is 28.0 Å². The predicted molar refractivity (Wildman–Crippen MR) is 121 cm³/mol. The van der Waals surface area contributed by atoms with Crippen LogP contribution in [-0.2, 0) is 9.59 Å². The number of rotatable bonds is 5. The Hall–Kier alpha value is -2.84. The number of hydrogen-bond acceptors (Lipinski definition) is 3. The molecule has 1 atom stereocenters. The number of fused-ring (bicyclic) bond motifs is 1. The number of para-hydroxylation sites is 1. The van der Waals surface area contributed by atoms with Gasteiger partial charge in [-0.3, -0.25) is 19.8 Å². The first-order valence-corrected chi connectivity index (χ1v) is 10.5. The first-order valence-electron chi connectivity index (χ1n) is 9.29. The molecule has 0 aliphatic heterocycles. The van der Waals surface area contributed by atoms with E-state index in [2.05, 4.69) is 32.0 Å². The standard InChI is InChI=1S/C21H20BrClN4O3/c1-3-12(2)24-20(29)21(30)26-27-17-9-8-14(22)10-13(17)11-18(27)19(28)25-16-7-5-4-6-15(16)23/h4-12H,3H2,1-2H3,(H,24,29)(H,25,28)(H,26,30)/t12-/m1/s1. The molecule has 0 bridgehead atoms. The van der Waals surface area contributed by atoms with Gasteiger partial charge in [-0.25, -0.2) is 4.68 Å². The highest BCUT2D eigenvalue weighted by molar-refractivity contribution is 9.10. The lowest BCUT2D eigenvalue weighted by Crippen LogP contribution is -2.43. The van der Waals surface area contributed by atoms with E-state index < -0.39 is 17.7 Å². The lowest BCUT2D eigenvalue weighted by atomic mass is 10.2. The van der Waals surface area contributed by atoms with Gasteiger partial charge in [0.15, 0.2) is 0 Å². The molecule has 0 fully saturated rings. The molecule has 3 N–H and O–H groups in total. The number of amides is 3. The van der Waals surface area contributed by atoms with Gasteiger partial charge in [-0.2, -0.15) is 0 Å². The molecule has 9 heteroatoms. The third-order valence-corrected chi connectivity index (χ3v) is 5.35. The number of halogens is 2. The summed E-state index contributed by atoms with van der Waals surface area (Å²) in [5.74, 6) is -2.14. The molecule has 3 rings (SSSR count). The number of aromatic nitrogens is 1. The van der Waals surface area contributed by atoms with Gasteiger partial charge < -0.3 is 10.6 Å². The van der Waals surface area contributed by atoms with Gasteiger partial charge in [0.25, 0.3) is 5.91 Å². The molecule has 0 saturated carbocycles. The minimum Gasteiger partial charge on any atom is -0.345 e. The van der Waals surface area contributed by atoms with Crippen LogP contribution in [0, 0.1) is 0 Å². The third-order valence-electron chi connectivity index (χ3n) is 4.53. The number of nitrogens with zero attached hydrogens (tertiary/aromatic N) is 1. The molecule has 30 heavy (non-hydrogen) atoms. The van der Waals surface area contributed by atoms with E-state index in [4.69, 9.17) is 11.6 Å².